The summed E-state index contributed by atoms with van der Waals surface area (Å²) in [7, 11) is 1.57. The first-order valence-corrected chi connectivity index (χ1v) is 11.0. The predicted octanol–water partition coefficient (Wildman–Crippen LogP) is 4.60. The Kier molecular flexibility index (Phi) is 7.70. The molecular formula is C20H18F3NO6S2. The lowest BCUT2D eigenvalue weighted by Crippen LogP contribution is -2.39. The van der Waals surface area contributed by atoms with Crippen LogP contribution >= 0.6 is 23.8 Å². The number of imide groups is 1. The number of ether oxygens (including phenoxy) is 2. The summed E-state index contributed by atoms with van der Waals surface area (Å²) in [5.74, 6) is -2.44. The van der Waals surface area contributed by atoms with Crippen molar-refractivity contribution in [1.82, 2.24) is 5.06 Å². The summed E-state index contributed by atoms with van der Waals surface area (Å²) in [5, 5.41) is 0.919. The first-order valence-electron chi connectivity index (χ1n) is 9.30. The van der Waals surface area contributed by atoms with Gasteiger partial charge in [0.2, 0.25) is 0 Å². The third-order valence-corrected chi connectivity index (χ3v) is 6.03. The lowest BCUT2D eigenvalue weighted by atomic mass is 9.95. The average Bonchev–Trinajstić information content (AvgIpc) is 2.75. The Morgan fingerprint density at radius 3 is 2.47 bits per heavy atom. The fraction of sp³-hybridized carbons (Fsp3) is 0.350. The summed E-state index contributed by atoms with van der Waals surface area (Å²) in [6.07, 6.45) is 0.521. The van der Waals surface area contributed by atoms with Crippen molar-refractivity contribution in [3.63, 3.8) is 0 Å². The molecule has 0 saturated carbocycles. The minimum atomic E-state index is -4.79. The van der Waals surface area contributed by atoms with Gasteiger partial charge in [0.25, 0.3) is 11.8 Å². The monoisotopic (exact) mass is 489 g/mol. The molecule has 2 aromatic rings. The highest BCUT2D eigenvalue weighted by Crippen LogP contribution is 2.38. The van der Waals surface area contributed by atoms with E-state index in [1.54, 1.807) is 25.3 Å². The normalized spacial score (nSPS) is 14.7. The van der Waals surface area contributed by atoms with Crippen LogP contribution in [-0.4, -0.2) is 53.9 Å². The smallest absolute Gasteiger partial charge is 0.465 e. The van der Waals surface area contributed by atoms with Crippen LogP contribution in [0.15, 0.2) is 35.2 Å². The third kappa shape index (κ3) is 5.55. The van der Waals surface area contributed by atoms with Crippen LogP contribution in [0.5, 0.6) is 0 Å². The van der Waals surface area contributed by atoms with Crippen LogP contribution in [0, 0.1) is 0 Å². The number of rotatable bonds is 9. The van der Waals surface area contributed by atoms with Gasteiger partial charge in [-0.05, 0) is 30.5 Å². The Bertz CT molecular complexity index is 1020. The number of carbonyl (C=O) groups excluding carboxylic acids is 3. The molecule has 0 spiro atoms. The van der Waals surface area contributed by atoms with Crippen LogP contribution in [0.25, 0.3) is 10.8 Å². The number of carbonyl (C=O) groups is 3. The summed E-state index contributed by atoms with van der Waals surface area (Å²) in [5.41, 5.74) is -4.74. The highest BCUT2D eigenvalue weighted by Gasteiger charge is 2.39. The number of nitrogens with zero attached hydrogens (tertiary/aromatic N) is 1. The van der Waals surface area contributed by atoms with Gasteiger partial charge in [-0.25, -0.2) is 0 Å². The summed E-state index contributed by atoms with van der Waals surface area (Å²) in [4.78, 5) is 37.9. The molecule has 0 N–H and O–H groups in total. The first kappa shape index (κ1) is 24.4. The maximum atomic E-state index is 12.6. The van der Waals surface area contributed by atoms with E-state index in [1.165, 1.54) is 23.9 Å². The van der Waals surface area contributed by atoms with Crippen molar-refractivity contribution in [2.75, 3.05) is 19.5 Å². The fourth-order valence-corrected chi connectivity index (χ4v) is 4.10. The van der Waals surface area contributed by atoms with E-state index in [9.17, 15) is 27.6 Å². The van der Waals surface area contributed by atoms with Crippen molar-refractivity contribution in [3.05, 3.63) is 41.5 Å². The number of amides is 2. The summed E-state index contributed by atoms with van der Waals surface area (Å²) in [6, 6.07) is 7.56. The molecule has 12 heteroatoms. The zero-order valence-electron chi connectivity index (χ0n) is 16.9. The molecule has 0 bridgehead atoms. The molecule has 1 aliphatic heterocycles. The molecule has 1 unspecified atom stereocenters. The molecule has 0 fully saturated rings. The molecule has 1 atom stereocenters. The lowest BCUT2D eigenvalue weighted by molar-refractivity contribution is -0.141. The Labute approximate surface area is 189 Å². The zero-order chi connectivity index (χ0) is 23.5. The van der Waals surface area contributed by atoms with Crippen LogP contribution in [0.2, 0.25) is 0 Å². The number of halogens is 3. The maximum absolute atomic E-state index is 12.6. The second-order valence-electron chi connectivity index (χ2n) is 6.69. The quantitative estimate of drug-likeness (QED) is 0.219. The van der Waals surface area contributed by atoms with E-state index in [2.05, 4.69) is 4.28 Å². The Morgan fingerprint density at radius 2 is 1.81 bits per heavy atom. The molecule has 2 amide bonds. The Hall–Kier alpha value is -2.28. The molecule has 172 valence electrons. The van der Waals surface area contributed by atoms with Crippen LogP contribution < -0.4 is 0 Å². The third-order valence-electron chi connectivity index (χ3n) is 4.57. The molecule has 1 aliphatic rings. The summed E-state index contributed by atoms with van der Waals surface area (Å²) < 4.78 is 52.0. The molecule has 1 heterocycles. The number of alkyl halides is 3. The highest BCUT2D eigenvalue weighted by atomic mass is 32.2. The highest BCUT2D eigenvalue weighted by molar-refractivity contribution is 8.00. The molecule has 0 saturated heterocycles. The Morgan fingerprint density at radius 1 is 1.12 bits per heavy atom. The number of hydroxylamine groups is 2. The van der Waals surface area contributed by atoms with Gasteiger partial charge in [-0.2, -0.15) is 17.5 Å². The number of hydrogen-bond donors (Lipinski definition) is 0. The summed E-state index contributed by atoms with van der Waals surface area (Å²) in [6.45, 7) is 2.07. The number of hydrogen-bond acceptors (Lipinski definition) is 8. The van der Waals surface area contributed by atoms with Gasteiger partial charge >= 0.3 is 11.5 Å². The molecular weight excluding hydrogens is 471 g/mol. The van der Waals surface area contributed by atoms with Crippen LogP contribution in [0.3, 0.4) is 0 Å². The van der Waals surface area contributed by atoms with E-state index in [-0.39, 0.29) is 34.7 Å². The predicted molar refractivity (Wildman–Crippen MR) is 112 cm³/mol. The number of benzene rings is 2. The van der Waals surface area contributed by atoms with Crippen molar-refractivity contribution in [2.45, 2.75) is 29.9 Å². The van der Waals surface area contributed by atoms with E-state index in [4.69, 9.17) is 9.47 Å². The van der Waals surface area contributed by atoms with Gasteiger partial charge in [0.15, 0.2) is 0 Å². The Balaban J connectivity index is 1.78. The second kappa shape index (κ2) is 10.1. The van der Waals surface area contributed by atoms with Crippen molar-refractivity contribution >= 4 is 52.4 Å². The molecule has 3 rings (SSSR count). The largest absolute Gasteiger partial charge is 0.470 e. The topological polar surface area (TPSA) is 82.1 Å². The van der Waals surface area contributed by atoms with E-state index >= 15 is 0 Å². The minimum absolute atomic E-state index is 0.000606. The first-order chi connectivity index (χ1) is 15.1. The lowest BCUT2D eigenvalue weighted by Gasteiger charge is -2.25. The van der Waals surface area contributed by atoms with Crippen LogP contribution in [0.1, 0.15) is 34.1 Å². The standard InChI is InChI=1S/C20H18F3NO6S2/c1-11(28-2)8-9-29-16(25)10-31-15-7-6-14-17-12(15)4-3-5-13(17)18(26)24(19(14)27)30-32-20(21,22)23/h3-7,11H,8-10H2,1-2H3. The van der Waals surface area contributed by atoms with Crippen molar-refractivity contribution < 1.29 is 41.3 Å². The molecule has 0 aliphatic carbocycles. The molecule has 32 heavy (non-hydrogen) atoms. The van der Waals surface area contributed by atoms with Crippen molar-refractivity contribution in [3.8, 4) is 0 Å². The van der Waals surface area contributed by atoms with Gasteiger partial charge in [0.05, 0.1) is 29.6 Å². The molecule has 0 aromatic heterocycles. The van der Waals surface area contributed by atoms with Crippen LogP contribution in [0.4, 0.5) is 13.2 Å². The van der Waals surface area contributed by atoms with E-state index in [1.807, 2.05) is 6.92 Å². The minimum Gasteiger partial charge on any atom is -0.465 e. The van der Waals surface area contributed by atoms with Crippen LogP contribution in [-0.2, 0) is 18.6 Å². The average molecular weight is 489 g/mol. The zero-order valence-corrected chi connectivity index (χ0v) is 18.6. The molecule has 2 aromatic carbocycles. The van der Waals surface area contributed by atoms with E-state index < -0.39 is 35.3 Å². The number of thioether (sulfide) groups is 1. The SMILES string of the molecule is COC(C)CCOC(=O)CSc1ccc2c3c(cccc13)C(=O)N(OSC(F)(F)F)C2=O. The van der Waals surface area contributed by atoms with Gasteiger partial charge in [0.1, 0.15) is 12.0 Å². The number of methoxy groups -OCH3 is 1. The summed E-state index contributed by atoms with van der Waals surface area (Å²) >= 11 is 0.222. The fourth-order valence-electron chi connectivity index (χ4n) is 2.96. The second-order valence-corrected chi connectivity index (χ2v) is 8.49. The number of esters is 1. The van der Waals surface area contributed by atoms with Crippen molar-refractivity contribution in [1.29, 1.82) is 0 Å². The van der Waals surface area contributed by atoms with Gasteiger partial charge in [-0.3, -0.25) is 14.4 Å². The van der Waals surface area contributed by atoms with E-state index in [0.717, 1.165) is 0 Å². The van der Waals surface area contributed by atoms with E-state index in [0.29, 0.717) is 22.1 Å². The van der Waals surface area contributed by atoms with Gasteiger partial charge in [-0.15, -0.1) is 16.8 Å². The maximum Gasteiger partial charge on any atom is 0.470 e. The van der Waals surface area contributed by atoms with Crippen molar-refractivity contribution in [2.24, 2.45) is 0 Å². The molecule has 0 radical (unpaired) electrons. The van der Waals surface area contributed by atoms with Gasteiger partial charge < -0.3 is 9.47 Å². The van der Waals surface area contributed by atoms with Gasteiger partial charge in [0, 0.05) is 23.8 Å². The molecule has 7 nitrogen and oxygen atoms in total. The van der Waals surface area contributed by atoms with Gasteiger partial charge in [-0.1, -0.05) is 12.1 Å².